The maximum atomic E-state index is 11.8. The van der Waals surface area contributed by atoms with E-state index >= 15 is 0 Å². The van der Waals surface area contributed by atoms with Crippen LogP contribution in [0.4, 0.5) is 5.82 Å². The first kappa shape index (κ1) is 22.1. The Hall–Kier alpha value is -1.76. The average Bonchev–Trinajstić information content (AvgIpc) is 3.03. The highest BCUT2D eigenvalue weighted by atomic mass is 32.1. The molecular formula is C25H35N3O3S. The molecule has 1 aromatic heterocycles. The summed E-state index contributed by atoms with van der Waals surface area (Å²) in [5.74, 6) is 3.26. The van der Waals surface area contributed by atoms with Crippen LogP contribution in [0, 0.1) is 39.3 Å². The van der Waals surface area contributed by atoms with Crippen molar-refractivity contribution in [2.75, 3.05) is 0 Å². The van der Waals surface area contributed by atoms with Gasteiger partial charge in [0.1, 0.15) is 11.9 Å². The molecule has 0 unspecified atom stereocenters. The van der Waals surface area contributed by atoms with Gasteiger partial charge in [0.25, 0.3) is 5.56 Å². The molecule has 0 aliphatic heterocycles. The highest BCUT2D eigenvalue weighted by molar-refractivity contribution is 7.71. The molecule has 0 aromatic carbocycles. The Balaban J connectivity index is 1.38. The first-order valence-corrected chi connectivity index (χ1v) is 12.7. The summed E-state index contributed by atoms with van der Waals surface area (Å²) in [5, 5.41) is 0. The molecule has 0 spiro atoms. The van der Waals surface area contributed by atoms with E-state index in [1.54, 1.807) is 0 Å². The van der Waals surface area contributed by atoms with Crippen LogP contribution in [0.5, 0.6) is 0 Å². The van der Waals surface area contributed by atoms with Crippen LogP contribution >= 0.6 is 12.2 Å². The minimum atomic E-state index is -0.202. The molecule has 1 heterocycles. The van der Waals surface area contributed by atoms with Gasteiger partial charge in [-0.1, -0.05) is 13.8 Å². The number of fused-ring (bicyclic) bond motifs is 5. The number of hydrogen-bond donors (Lipinski definition) is 2. The molecule has 5 rings (SSSR count). The minimum Gasteiger partial charge on any atom is -0.463 e. The Morgan fingerprint density at radius 2 is 1.94 bits per heavy atom. The molecule has 1 aromatic rings. The van der Waals surface area contributed by atoms with Crippen LogP contribution in [0.1, 0.15) is 78.6 Å². The van der Waals surface area contributed by atoms with Crippen molar-refractivity contribution in [2.24, 2.45) is 39.5 Å². The fraction of sp³-hybridized carbons (Fsp3) is 0.760. The van der Waals surface area contributed by atoms with E-state index in [1.165, 1.54) is 50.8 Å². The highest BCUT2D eigenvalue weighted by Crippen LogP contribution is 2.65. The fourth-order valence-electron chi connectivity index (χ4n) is 8.19. The summed E-state index contributed by atoms with van der Waals surface area (Å²) in [4.78, 5) is 33.9. The molecule has 0 saturated heterocycles. The Bertz CT molecular complexity index is 1030. The minimum absolute atomic E-state index is 0.109. The monoisotopic (exact) mass is 457 g/mol. The fourth-order valence-corrected chi connectivity index (χ4v) is 8.40. The summed E-state index contributed by atoms with van der Waals surface area (Å²) >= 11 is 5.14. The molecule has 7 atom stereocenters. The third kappa shape index (κ3) is 3.61. The van der Waals surface area contributed by atoms with Crippen molar-refractivity contribution in [1.29, 1.82) is 0 Å². The molecule has 4 aliphatic rings. The van der Waals surface area contributed by atoms with Crippen LogP contribution in [-0.2, 0) is 9.53 Å². The van der Waals surface area contributed by atoms with Crippen molar-refractivity contribution in [3.8, 4) is 0 Å². The number of hydrogen-bond acceptors (Lipinski definition) is 5. The molecule has 4 fully saturated rings. The van der Waals surface area contributed by atoms with Gasteiger partial charge in [-0.05, 0) is 99.1 Å². The molecule has 2 N–H and O–H groups in total. The lowest BCUT2D eigenvalue weighted by atomic mass is 9.45. The predicted octanol–water partition coefficient (Wildman–Crippen LogP) is 5.48. The zero-order chi connectivity index (χ0) is 22.7. The van der Waals surface area contributed by atoms with Gasteiger partial charge in [-0.15, -0.1) is 0 Å². The second-order valence-electron chi connectivity index (χ2n) is 11.2. The quantitative estimate of drug-likeness (QED) is 0.455. The largest absolute Gasteiger partial charge is 0.463 e. The predicted molar refractivity (Wildman–Crippen MR) is 127 cm³/mol. The lowest BCUT2D eigenvalue weighted by molar-refractivity contribution is -0.158. The molecule has 6 nitrogen and oxygen atoms in total. The Morgan fingerprint density at radius 1 is 1.12 bits per heavy atom. The number of rotatable bonds is 2. The van der Waals surface area contributed by atoms with Crippen LogP contribution in [0.25, 0.3) is 0 Å². The number of esters is 1. The van der Waals surface area contributed by atoms with Crippen LogP contribution < -0.4 is 5.56 Å². The Morgan fingerprint density at radius 3 is 2.69 bits per heavy atom. The van der Waals surface area contributed by atoms with E-state index in [9.17, 15) is 9.59 Å². The lowest BCUT2D eigenvalue weighted by Crippen LogP contribution is -2.54. The molecular weight excluding hydrogens is 422 g/mol. The van der Waals surface area contributed by atoms with E-state index in [0.717, 1.165) is 37.5 Å². The van der Waals surface area contributed by atoms with E-state index in [1.807, 2.05) is 0 Å². The van der Waals surface area contributed by atoms with Gasteiger partial charge in [-0.3, -0.25) is 14.6 Å². The standard InChI is InChI=1S/C25H35N3O3S/c1-14(29)31-16-8-10-24(2)15(12-16)4-5-17-18-6-7-20(25(18,3)11-9-19(17)24)26-21-13-22(30)28-23(32)27-21/h13,15-19H,4-12H2,1-3H3,(H2,27,28,30,32)/b26-20-/t15-,16-,17-,18-,19-,24-,25-/m0/s1. The summed E-state index contributed by atoms with van der Waals surface area (Å²) < 4.78 is 5.93. The summed E-state index contributed by atoms with van der Waals surface area (Å²) in [6.07, 6.45) is 10.5. The second kappa shape index (κ2) is 7.93. The molecule has 4 aliphatic carbocycles. The van der Waals surface area contributed by atoms with Gasteiger partial charge in [0.05, 0.1) is 0 Å². The van der Waals surface area contributed by atoms with E-state index in [0.29, 0.717) is 27.8 Å². The number of H-pyrrole nitrogens is 2. The molecule has 0 amide bonds. The zero-order valence-electron chi connectivity index (χ0n) is 19.4. The van der Waals surface area contributed by atoms with Crippen molar-refractivity contribution in [2.45, 2.75) is 84.7 Å². The van der Waals surface area contributed by atoms with Gasteiger partial charge in [0.15, 0.2) is 4.77 Å². The first-order chi connectivity index (χ1) is 15.2. The van der Waals surface area contributed by atoms with Crippen molar-refractivity contribution in [3.05, 3.63) is 21.2 Å². The topological polar surface area (TPSA) is 87.3 Å². The van der Waals surface area contributed by atoms with Crippen LogP contribution in [-0.4, -0.2) is 27.8 Å². The maximum Gasteiger partial charge on any atom is 0.302 e. The number of nitrogens with one attached hydrogen (secondary N) is 2. The molecule has 0 bridgehead atoms. The maximum absolute atomic E-state index is 11.8. The number of nitrogens with zero attached hydrogens (tertiary/aromatic N) is 1. The average molecular weight is 458 g/mol. The molecule has 174 valence electrons. The van der Waals surface area contributed by atoms with Crippen molar-refractivity contribution in [3.63, 3.8) is 0 Å². The second-order valence-corrected chi connectivity index (χ2v) is 11.6. The van der Waals surface area contributed by atoms with E-state index in [-0.39, 0.29) is 23.0 Å². The van der Waals surface area contributed by atoms with Gasteiger partial charge >= 0.3 is 5.97 Å². The van der Waals surface area contributed by atoms with Gasteiger partial charge in [0, 0.05) is 24.1 Å². The van der Waals surface area contributed by atoms with Crippen LogP contribution in [0.2, 0.25) is 0 Å². The van der Waals surface area contributed by atoms with Gasteiger partial charge in [0.2, 0.25) is 0 Å². The third-order valence-electron chi connectivity index (χ3n) is 9.69. The van der Waals surface area contributed by atoms with E-state index < -0.39 is 0 Å². The van der Waals surface area contributed by atoms with Gasteiger partial charge in [-0.2, -0.15) is 0 Å². The number of aliphatic imine (C=N–C) groups is 1. The molecule has 0 radical (unpaired) electrons. The molecule has 32 heavy (non-hydrogen) atoms. The molecule has 7 heteroatoms. The highest BCUT2D eigenvalue weighted by Gasteiger charge is 2.59. The molecule has 4 saturated carbocycles. The number of ether oxygens (including phenoxy) is 1. The summed E-state index contributed by atoms with van der Waals surface area (Å²) in [6, 6.07) is 1.51. The van der Waals surface area contributed by atoms with Crippen LogP contribution in [0.3, 0.4) is 0 Å². The van der Waals surface area contributed by atoms with Crippen molar-refractivity contribution >= 4 is 29.7 Å². The van der Waals surface area contributed by atoms with Crippen LogP contribution in [0.15, 0.2) is 15.9 Å². The van der Waals surface area contributed by atoms with E-state index in [2.05, 4.69) is 23.8 Å². The normalized spacial score (nSPS) is 42.1. The van der Waals surface area contributed by atoms with Gasteiger partial charge in [-0.25, -0.2) is 4.99 Å². The Kier molecular flexibility index (Phi) is 5.46. The summed E-state index contributed by atoms with van der Waals surface area (Å²) in [5.41, 5.74) is 1.51. The zero-order valence-corrected chi connectivity index (χ0v) is 20.2. The summed E-state index contributed by atoms with van der Waals surface area (Å²) in [7, 11) is 0. The summed E-state index contributed by atoms with van der Waals surface area (Å²) in [6.45, 7) is 6.47. The SMILES string of the molecule is CC(=O)O[C@H]1CC[C@@]2(C)[C@@H](CC[C@@H]3[C@@H]2CC[C@]2(C)/C(=N\c4cc(=O)[nH]c(=S)[nH]4)CC[C@@H]32)C1. The number of aromatic amines is 2. The van der Waals surface area contributed by atoms with E-state index in [4.69, 9.17) is 21.9 Å². The number of aromatic nitrogens is 2. The smallest absolute Gasteiger partial charge is 0.302 e. The number of carbonyl (C=O) groups is 1. The number of carbonyl (C=O) groups excluding carboxylic acids is 1. The van der Waals surface area contributed by atoms with Gasteiger partial charge < -0.3 is 9.72 Å². The van der Waals surface area contributed by atoms with Crippen molar-refractivity contribution < 1.29 is 9.53 Å². The first-order valence-electron chi connectivity index (χ1n) is 12.3. The third-order valence-corrected chi connectivity index (χ3v) is 9.90. The Labute approximate surface area is 194 Å². The lowest BCUT2D eigenvalue weighted by Gasteiger charge is -2.60. The van der Waals surface area contributed by atoms with Crippen molar-refractivity contribution in [1.82, 2.24) is 9.97 Å².